The van der Waals surface area contributed by atoms with Crippen molar-refractivity contribution in [1.82, 2.24) is 5.32 Å². The SMILES string of the molecule is COCCNCC(C)(C)CCc1ccc(F)c(F)c1. The van der Waals surface area contributed by atoms with Crippen LogP contribution < -0.4 is 5.32 Å². The number of halogens is 2. The largest absolute Gasteiger partial charge is 0.383 e. The zero-order valence-corrected chi connectivity index (χ0v) is 11.9. The average Bonchev–Trinajstić information content (AvgIpc) is 2.36. The Morgan fingerprint density at radius 2 is 1.95 bits per heavy atom. The molecule has 1 rings (SSSR count). The van der Waals surface area contributed by atoms with E-state index in [0.717, 1.165) is 31.5 Å². The monoisotopic (exact) mass is 271 g/mol. The number of hydrogen-bond acceptors (Lipinski definition) is 2. The van der Waals surface area contributed by atoms with Gasteiger partial charge in [-0.3, -0.25) is 0 Å². The fourth-order valence-corrected chi connectivity index (χ4v) is 1.87. The Bertz CT molecular complexity index is 394. The van der Waals surface area contributed by atoms with Gasteiger partial charge < -0.3 is 10.1 Å². The predicted octanol–water partition coefficient (Wildman–Crippen LogP) is 3.16. The molecule has 0 aromatic heterocycles. The molecule has 0 spiro atoms. The van der Waals surface area contributed by atoms with Crippen molar-refractivity contribution < 1.29 is 13.5 Å². The maximum absolute atomic E-state index is 13.1. The molecule has 0 aliphatic carbocycles. The zero-order valence-electron chi connectivity index (χ0n) is 11.9. The van der Waals surface area contributed by atoms with Crippen LogP contribution in [0, 0.1) is 17.0 Å². The highest BCUT2D eigenvalue weighted by atomic mass is 19.2. The Labute approximate surface area is 114 Å². The predicted molar refractivity (Wildman–Crippen MR) is 73.2 cm³/mol. The summed E-state index contributed by atoms with van der Waals surface area (Å²) in [5, 5.41) is 3.32. The molecule has 1 aromatic rings. The van der Waals surface area contributed by atoms with Crippen LogP contribution in [-0.2, 0) is 11.2 Å². The van der Waals surface area contributed by atoms with Crippen LogP contribution in [0.25, 0.3) is 0 Å². The van der Waals surface area contributed by atoms with E-state index < -0.39 is 11.6 Å². The summed E-state index contributed by atoms with van der Waals surface area (Å²) in [7, 11) is 1.68. The van der Waals surface area contributed by atoms with E-state index in [0.29, 0.717) is 6.61 Å². The lowest BCUT2D eigenvalue weighted by Crippen LogP contribution is -2.31. The first-order chi connectivity index (χ1) is 8.94. The standard InChI is InChI=1S/C15H23F2NO/c1-15(2,11-18-8-9-19-3)7-6-12-4-5-13(16)14(17)10-12/h4-5,10,18H,6-9,11H2,1-3H3. The Kier molecular flexibility index (Phi) is 6.38. The van der Waals surface area contributed by atoms with E-state index in [1.54, 1.807) is 13.2 Å². The van der Waals surface area contributed by atoms with Crippen molar-refractivity contribution in [1.29, 1.82) is 0 Å². The van der Waals surface area contributed by atoms with E-state index in [2.05, 4.69) is 19.2 Å². The van der Waals surface area contributed by atoms with E-state index in [1.165, 1.54) is 12.1 Å². The second-order valence-electron chi connectivity index (χ2n) is 5.58. The normalized spacial score (nSPS) is 11.8. The summed E-state index contributed by atoms with van der Waals surface area (Å²) < 4.78 is 30.9. The van der Waals surface area contributed by atoms with Gasteiger partial charge in [-0.05, 0) is 36.0 Å². The van der Waals surface area contributed by atoms with E-state index >= 15 is 0 Å². The molecular formula is C15H23F2NO. The summed E-state index contributed by atoms with van der Waals surface area (Å²) in [5.74, 6) is -1.56. The maximum Gasteiger partial charge on any atom is 0.159 e. The van der Waals surface area contributed by atoms with Crippen molar-refractivity contribution >= 4 is 0 Å². The molecule has 0 unspecified atom stereocenters. The van der Waals surface area contributed by atoms with Crippen LogP contribution in [0.15, 0.2) is 18.2 Å². The van der Waals surface area contributed by atoms with Crippen molar-refractivity contribution in [2.45, 2.75) is 26.7 Å². The first kappa shape index (κ1) is 16.1. The van der Waals surface area contributed by atoms with Crippen LogP contribution in [0.2, 0.25) is 0 Å². The fraction of sp³-hybridized carbons (Fsp3) is 0.600. The Morgan fingerprint density at radius 1 is 1.21 bits per heavy atom. The second-order valence-corrected chi connectivity index (χ2v) is 5.58. The molecule has 0 atom stereocenters. The number of methoxy groups -OCH3 is 1. The number of rotatable bonds is 8. The Hall–Kier alpha value is -1.00. The van der Waals surface area contributed by atoms with Crippen LogP contribution in [0.4, 0.5) is 8.78 Å². The molecule has 0 fully saturated rings. The first-order valence-electron chi connectivity index (χ1n) is 6.58. The summed E-state index contributed by atoms with van der Waals surface area (Å²) >= 11 is 0. The molecule has 19 heavy (non-hydrogen) atoms. The van der Waals surface area contributed by atoms with Gasteiger partial charge in [0.25, 0.3) is 0 Å². The van der Waals surface area contributed by atoms with Crippen molar-refractivity contribution in [2.75, 3.05) is 26.8 Å². The third-order valence-corrected chi connectivity index (χ3v) is 3.16. The molecule has 4 heteroatoms. The highest BCUT2D eigenvalue weighted by Gasteiger charge is 2.17. The highest BCUT2D eigenvalue weighted by Crippen LogP contribution is 2.22. The average molecular weight is 271 g/mol. The molecule has 0 radical (unpaired) electrons. The van der Waals surface area contributed by atoms with Gasteiger partial charge in [0.1, 0.15) is 0 Å². The lowest BCUT2D eigenvalue weighted by Gasteiger charge is -2.25. The molecule has 0 bridgehead atoms. The maximum atomic E-state index is 13.1. The van der Waals surface area contributed by atoms with Gasteiger partial charge in [0, 0.05) is 20.2 Å². The van der Waals surface area contributed by atoms with Gasteiger partial charge in [0.05, 0.1) is 6.61 Å². The van der Waals surface area contributed by atoms with Gasteiger partial charge in [0.2, 0.25) is 0 Å². The van der Waals surface area contributed by atoms with Gasteiger partial charge in [-0.2, -0.15) is 0 Å². The van der Waals surface area contributed by atoms with Crippen LogP contribution in [-0.4, -0.2) is 26.8 Å². The van der Waals surface area contributed by atoms with E-state index in [9.17, 15) is 8.78 Å². The van der Waals surface area contributed by atoms with E-state index in [1.807, 2.05) is 0 Å². The number of aryl methyl sites for hydroxylation is 1. The van der Waals surface area contributed by atoms with Gasteiger partial charge in [-0.25, -0.2) is 8.78 Å². The number of benzene rings is 1. The summed E-state index contributed by atoms with van der Waals surface area (Å²) in [6, 6.07) is 4.12. The second kappa shape index (κ2) is 7.56. The van der Waals surface area contributed by atoms with Gasteiger partial charge in [0.15, 0.2) is 11.6 Å². The zero-order chi connectivity index (χ0) is 14.3. The van der Waals surface area contributed by atoms with Crippen LogP contribution in [0.1, 0.15) is 25.8 Å². The molecule has 0 amide bonds. The molecule has 0 aliphatic rings. The lowest BCUT2D eigenvalue weighted by atomic mass is 9.86. The van der Waals surface area contributed by atoms with Gasteiger partial charge >= 0.3 is 0 Å². The number of ether oxygens (including phenoxy) is 1. The van der Waals surface area contributed by atoms with Gasteiger partial charge in [-0.15, -0.1) is 0 Å². The smallest absolute Gasteiger partial charge is 0.159 e. The molecule has 0 saturated carbocycles. The topological polar surface area (TPSA) is 21.3 Å². The minimum Gasteiger partial charge on any atom is -0.383 e. The van der Waals surface area contributed by atoms with Crippen LogP contribution in [0.5, 0.6) is 0 Å². The van der Waals surface area contributed by atoms with Crippen molar-refractivity contribution in [2.24, 2.45) is 5.41 Å². The summed E-state index contributed by atoms with van der Waals surface area (Å²) in [4.78, 5) is 0. The van der Waals surface area contributed by atoms with Crippen molar-refractivity contribution in [3.05, 3.63) is 35.4 Å². The molecule has 108 valence electrons. The van der Waals surface area contributed by atoms with Crippen LogP contribution >= 0.6 is 0 Å². The third-order valence-electron chi connectivity index (χ3n) is 3.16. The summed E-state index contributed by atoms with van der Waals surface area (Å²) in [5.41, 5.74) is 0.947. The molecule has 0 heterocycles. The molecule has 1 N–H and O–H groups in total. The van der Waals surface area contributed by atoms with Crippen molar-refractivity contribution in [3.8, 4) is 0 Å². The molecule has 1 aromatic carbocycles. The van der Waals surface area contributed by atoms with Crippen molar-refractivity contribution in [3.63, 3.8) is 0 Å². The third kappa shape index (κ3) is 6.12. The lowest BCUT2D eigenvalue weighted by molar-refractivity contribution is 0.193. The number of hydrogen-bond donors (Lipinski definition) is 1. The Balaban J connectivity index is 2.39. The van der Waals surface area contributed by atoms with E-state index in [-0.39, 0.29) is 5.41 Å². The molecule has 0 aliphatic heterocycles. The molecular weight excluding hydrogens is 248 g/mol. The fourth-order valence-electron chi connectivity index (χ4n) is 1.87. The molecule has 0 saturated heterocycles. The minimum absolute atomic E-state index is 0.110. The number of nitrogens with one attached hydrogen (secondary N) is 1. The first-order valence-corrected chi connectivity index (χ1v) is 6.58. The quantitative estimate of drug-likeness (QED) is 0.733. The summed E-state index contributed by atoms with van der Waals surface area (Å²) in [6.07, 6.45) is 1.66. The summed E-state index contributed by atoms with van der Waals surface area (Å²) in [6.45, 7) is 6.71. The minimum atomic E-state index is -0.788. The highest BCUT2D eigenvalue weighted by molar-refractivity contribution is 5.18. The molecule has 2 nitrogen and oxygen atoms in total. The van der Waals surface area contributed by atoms with E-state index in [4.69, 9.17) is 4.74 Å². The van der Waals surface area contributed by atoms with Gasteiger partial charge in [-0.1, -0.05) is 19.9 Å². The van der Waals surface area contributed by atoms with Crippen LogP contribution in [0.3, 0.4) is 0 Å². The Morgan fingerprint density at radius 3 is 2.58 bits per heavy atom.